The predicted molar refractivity (Wildman–Crippen MR) is 65.0 cm³/mol. The molecule has 0 heterocycles. The smallest absolute Gasteiger partial charge is 0.00459 e. The summed E-state index contributed by atoms with van der Waals surface area (Å²) in [5.74, 6) is 2.13. The zero-order valence-electron chi connectivity index (χ0n) is 9.34. The van der Waals surface area contributed by atoms with Crippen molar-refractivity contribution in [2.24, 2.45) is 11.3 Å². The van der Waals surface area contributed by atoms with Crippen molar-refractivity contribution >= 4 is 12.6 Å². The molecule has 0 atom stereocenters. The lowest BCUT2D eigenvalue weighted by molar-refractivity contribution is 0.222. The third kappa shape index (κ3) is 2.90. The molecule has 0 spiro atoms. The standard InChI is InChI=1S/C12H23NS/c1-2-7-13(8-11-3-4-11)9-12(10-14)5-6-12/h11,14H,2-10H2,1H3. The van der Waals surface area contributed by atoms with E-state index in [-0.39, 0.29) is 0 Å². The Hall–Kier alpha value is 0.310. The first-order chi connectivity index (χ1) is 6.78. The Morgan fingerprint density at radius 1 is 1.36 bits per heavy atom. The monoisotopic (exact) mass is 213 g/mol. The lowest BCUT2D eigenvalue weighted by Crippen LogP contribution is -2.33. The maximum atomic E-state index is 4.49. The van der Waals surface area contributed by atoms with Crippen molar-refractivity contribution in [2.45, 2.75) is 39.0 Å². The van der Waals surface area contributed by atoms with Gasteiger partial charge < -0.3 is 4.90 Å². The van der Waals surface area contributed by atoms with E-state index in [1.807, 2.05) is 0 Å². The van der Waals surface area contributed by atoms with Crippen molar-refractivity contribution in [1.29, 1.82) is 0 Å². The number of hydrogen-bond acceptors (Lipinski definition) is 2. The van der Waals surface area contributed by atoms with E-state index in [1.54, 1.807) is 0 Å². The van der Waals surface area contributed by atoms with Crippen LogP contribution in [0.4, 0.5) is 0 Å². The number of thiol groups is 1. The van der Waals surface area contributed by atoms with E-state index >= 15 is 0 Å². The van der Waals surface area contributed by atoms with Crippen LogP contribution in [0.3, 0.4) is 0 Å². The summed E-state index contributed by atoms with van der Waals surface area (Å²) in [6.07, 6.45) is 7.10. The molecule has 0 aliphatic heterocycles. The largest absolute Gasteiger partial charge is 0.302 e. The van der Waals surface area contributed by atoms with Gasteiger partial charge in [-0.1, -0.05) is 6.92 Å². The Kier molecular flexibility index (Phi) is 3.43. The van der Waals surface area contributed by atoms with Gasteiger partial charge in [0.2, 0.25) is 0 Å². The molecular formula is C12H23NS. The van der Waals surface area contributed by atoms with Gasteiger partial charge in [0.25, 0.3) is 0 Å². The fourth-order valence-corrected chi connectivity index (χ4v) is 2.65. The summed E-state index contributed by atoms with van der Waals surface area (Å²) < 4.78 is 0. The van der Waals surface area contributed by atoms with Gasteiger partial charge in [-0.05, 0) is 55.7 Å². The number of hydrogen-bond donors (Lipinski definition) is 1. The van der Waals surface area contributed by atoms with Gasteiger partial charge >= 0.3 is 0 Å². The van der Waals surface area contributed by atoms with Crippen LogP contribution in [0.25, 0.3) is 0 Å². The molecule has 1 nitrogen and oxygen atoms in total. The van der Waals surface area contributed by atoms with Crippen LogP contribution in [-0.4, -0.2) is 30.3 Å². The highest BCUT2D eigenvalue weighted by atomic mass is 32.1. The zero-order valence-corrected chi connectivity index (χ0v) is 10.2. The molecule has 0 N–H and O–H groups in total. The molecule has 2 rings (SSSR count). The van der Waals surface area contributed by atoms with Gasteiger partial charge in [-0.25, -0.2) is 0 Å². The lowest BCUT2D eigenvalue weighted by atomic mass is 10.1. The van der Waals surface area contributed by atoms with Crippen LogP contribution in [0.1, 0.15) is 39.0 Å². The highest BCUT2D eigenvalue weighted by Crippen LogP contribution is 2.47. The lowest BCUT2D eigenvalue weighted by Gasteiger charge is -2.26. The van der Waals surface area contributed by atoms with E-state index in [0.717, 1.165) is 11.7 Å². The third-order valence-corrected chi connectivity index (χ3v) is 4.28. The van der Waals surface area contributed by atoms with Crippen molar-refractivity contribution in [3.63, 3.8) is 0 Å². The Balaban J connectivity index is 1.76. The van der Waals surface area contributed by atoms with Gasteiger partial charge in [0.05, 0.1) is 0 Å². The molecule has 82 valence electrons. The maximum absolute atomic E-state index is 4.49. The van der Waals surface area contributed by atoms with Gasteiger partial charge in [0.1, 0.15) is 0 Å². The summed E-state index contributed by atoms with van der Waals surface area (Å²) in [7, 11) is 0. The van der Waals surface area contributed by atoms with E-state index in [1.165, 1.54) is 51.7 Å². The Labute approximate surface area is 93.7 Å². The van der Waals surface area contributed by atoms with Crippen molar-refractivity contribution < 1.29 is 0 Å². The summed E-state index contributed by atoms with van der Waals surface area (Å²) in [6, 6.07) is 0. The Bertz CT molecular complexity index is 185. The first-order valence-electron chi connectivity index (χ1n) is 6.11. The van der Waals surface area contributed by atoms with E-state index in [0.29, 0.717) is 5.41 Å². The minimum absolute atomic E-state index is 0.618. The number of rotatable bonds is 7. The summed E-state index contributed by atoms with van der Waals surface area (Å²) in [5.41, 5.74) is 0.618. The van der Waals surface area contributed by atoms with E-state index < -0.39 is 0 Å². The van der Waals surface area contributed by atoms with Gasteiger partial charge in [-0.3, -0.25) is 0 Å². The second-order valence-corrected chi connectivity index (χ2v) is 5.65. The van der Waals surface area contributed by atoms with Crippen LogP contribution >= 0.6 is 12.6 Å². The Morgan fingerprint density at radius 2 is 2.07 bits per heavy atom. The zero-order chi connectivity index (χ0) is 10.0. The van der Waals surface area contributed by atoms with Crippen molar-refractivity contribution in [2.75, 3.05) is 25.4 Å². The van der Waals surface area contributed by atoms with Gasteiger partial charge in [-0.2, -0.15) is 12.6 Å². The average Bonchev–Trinajstić information content (AvgIpc) is 3.02. The molecule has 0 aromatic heterocycles. The van der Waals surface area contributed by atoms with E-state index in [4.69, 9.17) is 0 Å². The fraction of sp³-hybridized carbons (Fsp3) is 1.00. The molecule has 0 radical (unpaired) electrons. The molecule has 0 unspecified atom stereocenters. The van der Waals surface area contributed by atoms with Crippen LogP contribution in [-0.2, 0) is 0 Å². The molecule has 0 saturated heterocycles. The highest BCUT2D eigenvalue weighted by Gasteiger charge is 2.42. The van der Waals surface area contributed by atoms with Gasteiger partial charge in [-0.15, -0.1) is 0 Å². The molecular weight excluding hydrogens is 190 g/mol. The second kappa shape index (κ2) is 4.44. The van der Waals surface area contributed by atoms with E-state index in [2.05, 4.69) is 24.5 Å². The van der Waals surface area contributed by atoms with Crippen LogP contribution in [0.5, 0.6) is 0 Å². The molecule has 0 aromatic carbocycles. The first-order valence-corrected chi connectivity index (χ1v) is 6.74. The van der Waals surface area contributed by atoms with Crippen molar-refractivity contribution in [1.82, 2.24) is 4.90 Å². The number of nitrogens with zero attached hydrogens (tertiary/aromatic N) is 1. The topological polar surface area (TPSA) is 3.24 Å². The minimum atomic E-state index is 0.618. The Morgan fingerprint density at radius 3 is 2.50 bits per heavy atom. The molecule has 0 bridgehead atoms. The second-order valence-electron chi connectivity index (χ2n) is 5.34. The third-order valence-electron chi connectivity index (χ3n) is 3.60. The molecule has 2 aliphatic rings. The van der Waals surface area contributed by atoms with Crippen LogP contribution in [0, 0.1) is 11.3 Å². The molecule has 2 fully saturated rings. The van der Waals surface area contributed by atoms with Crippen molar-refractivity contribution in [3.05, 3.63) is 0 Å². The molecule has 14 heavy (non-hydrogen) atoms. The van der Waals surface area contributed by atoms with Crippen LogP contribution < -0.4 is 0 Å². The normalized spacial score (nSPS) is 24.2. The molecule has 0 amide bonds. The van der Waals surface area contributed by atoms with Gasteiger partial charge in [0, 0.05) is 13.1 Å². The summed E-state index contributed by atoms with van der Waals surface area (Å²) in [6.45, 7) is 6.27. The first kappa shape index (κ1) is 10.8. The molecule has 0 aromatic rings. The quantitative estimate of drug-likeness (QED) is 0.637. The molecule has 2 saturated carbocycles. The van der Waals surface area contributed by atoms with Crippen LogP contribution in [0.15, 0.2) is 0 Å². The highest BCUT2D eigenvalue weighted by molar-refractivity contribution is 7.80. The summed E-state index contributed by atoms with van der Waals surface area (Å²) in [4.78, 5) is 2.70. The predicted octanol–water partition coefficient (Wildman–Crippen LogP) is 2.82. The van der Waals surface area contributed by atoms with Gasteiger partial charge in [0.15, 0.2) is 0 Å². The summed E-state index contributed by atoms with van der Waals surface area (Å²) >= 11 is 4.49. The molecule has 2 heteroatoms. The summed E-state index contributed by atoms with van der Waals surface area (Å²) in [5, 5.41) is 0. The fourth-order valence-electron chi connectivity index (χ4n) is 2.23. The van der Waals surface area contributed by atoms with Crippen LogP contribution in [0.2, 0.25) is 0 Å². The SMILES string of the molecule is CCCN(CC1CC1)CC1(CS)CC1. The van der Waals surface area contributed by atoms with Crippen molar-refractivity contribution in [3.8, 4) is 0 Å². The molecule has 2 aliphatic carbocycles. The average molecular weight is 213 g/mol. The minimum Gasteiger partial charge on any atom is -0.302 e. The maximum Gasteiger partial charge on any atom is 0.00459 e. The van der Waals surface area contributed by atoms with E-state index in [9.17, 15) is 0 Å².